The molecule has 0 bridgehead atoms. The standard InChI is InChI=1S/C9H14N2O2S/c1-14(12,13)7-6-11-8-9-2-4-10-5-3-9/h2-5,11H,6-8H2,1H3. The molecule has 1 N–H and O–H groups in total. The molecule has 0 aliphatic carbocycles. The van der Waals surface area contributed by atoms with Crippen molar-refractivity contribution in [1.29, 1.82) is 0 Å². The Bertz CT molecular complexity index is 362. The van der Waals surface area contributed by atoms with Crippen LogP contribution in [0.1, 0.15) is 5.56 Å². The van der Waals surface area contributed by atoms with Gasteiger partial charge in [-0.3, -0.25) is 4.98 Å². The lowest BCUT2D eigenvalue weighted by Gasteiger charge is -2.03. The number of hydrogen-bond acceptors (Lipinski definition) is 4. The van der Waals surface area contributed by atoms with Gasteiger partial charge in [0.15, 0.2) is 0 Å². The second kappa shape index (κ2) is 5.07. The topological polar surface area (TPSA) is 59.1 Å². The van der Waals surface area contributed by atoms with Crippen molar-refractivity contribution in [3.63, 3.8) is 0 Å². The molecule has 1 heterocycles. The summed E-state index contributed by atoms with van der Waals surface area (Å²) in [6.07, 6.45) is 4.67. The molecule has 0 amide bonds. The summed E-state index contributed by atoms with van der Waals surface area (Å²) in [5.41, 5.74) is 1.11. The van der Waals surface area contributed by atoms with E-state index < -0.39 is 9.84 Å². The Labute approximate surface area is 84.3 Å². The molecular formula is C9H14N2O2S. The molecule has 78 valence electrons. The van der Waals surface area contributed by atoms with Gasteiger partial charge in [-0.2, -0.15) is 0 Å². The molecule has 0 atom stereocenters. The summed E-state index contributed by atoms with van der Waals surface area (Å²) in [5.74, 6) is 0.179. The monoisotopic (exact) mass is 214 g/mol. The Morgan fingerprint density at radius 1 is 1.36 bits per heavy atom. The summed E-state index contributed by atoms with van der Waals surface area (Å²) >= 11 is 0. The quantitative estimate of drug-likeness (QED) is 0.712. The molecular weight excluding hydrogens is 200 g/mol. The van der Waals surface area contributed by atoms with E-state index >= 15 is 0 Å². The van der Waals surface area contributed by atoms with E-state index in [1.54, 1.807) is 12.4 Å². The second-order valence-electron chi connectivity index (χ2n) is 3.16. The van der Waals surface area contributed by atoms with Crippen LogP contribution in [-0.4, -0.2) is 32.0 Å². The molecule has 0 spiro atoms. The highest BCUT2D eigenvalue weighted by Gasteiger charge is 2.00. The lowest BCUT2D eigenvalue weighted by atomic mass is 10.3. The maximum Gasteiger partial charge on any atom is 0.148 e. The smallest absolute Gasteiger partial charge is 0.148 e. The van der Waals surface area contributed by atoms with E-state index in [4.69, 9.17) is 0 Å². The van der Waals surface area contributed by atoms with Crippen molar-refractivity contribution >= 4 is 9.84 Å². The van der Waals surface area contributed by atoms with Crippen LogP contribution >= 0.6 is 0 Å². The summed E-state index contributed by atoms with van der Waals surface area (Å²) in [6, 6.07) is 3.79. The van der Waals surface area contributed by atoms with Crippen LogP contribution in [0.5, 0.6) is 0 Å². The maximum absolute atomic E-state index is 10.8. The van der Waals surface area contributed by atoms with E-state index in [0.717, 1.165) is 5.56 Å². The minimum Gasteiger partial charge on any atom is -0.312 e. The highest BCUT2D eigenvalue weighted by Crippen LogP contribution is 1.94. The third-order valence-corrected chi connectivity index (χ3v) is 2.67. The van der Waals surface area contributed by atoms with Crippen molar-refractivity contribution in [2.24, 2.45) is 0 Å². The van der Waals surface area contributed by atoms with Gasteiger partial charge < -0.3 is 5.32 Å². The normalized spacial score (nSPS) is 11.5. The van der Waals surface area contributed by atoms with Crippen LogP contribution in [-0.2, 0) is 16.4 Å². The van der Waals surface area contributed by atoms with Gasteiger partial charge in [0.05, 0.1) is 5.75 Å². The highest BCUT2D eigenvalue weighted by molar-refractivity contribution is 7.90. The highest BCUT2D eigenvalue weighted by atomic mass is 32.2. The van der Waals surface area contributed by atoms with E-state index in [2.05, 4.69) is 10.3 Å². The first-order valence-corrected chi connectivity index (χ1v) is 6.41. The van der Waals surface area contributed by atoms with Crippen LogP contribution in [0, 0.1) is 0 Å². The number of rotatable bonds is 5. The fraction of sp³-hybridized carbons (Fsp3) is 0.444. The number of hydrogen-bond donors (Lipinski definition) is 1. The first-order chi connectivity index (χ1) is 6.58. The second-order valence-corrected chi connectivity index (χ2v) is 5.42. The number of nitrogens with zero attached hydrogens (tertiary/aromatic N) is 1. The average Bonchev–Trinajstić information content (AvgIpc) is 2.13. The molecule has 5 heteroatoms. The summed E-state index contributed by atoms with van der Waals surface area (Å²) in [4.78, 5) is 3.89. The van der Waals surface area contributed by atoms with Crippen molar-refractivity contribution in [3.05, 3.63) is 30.1 Å². The molecule has 0 aromatic carbocycles. The van der Waals surface area contributed by atoms with Crippen LogP contribution in [0.4, 0.5) is 0 Å². The van der Waals surface area contributed by atoms with Gasteiger partial charge in [-0.15, -0.1) is 0 Å². The third kappa shape index (κ3) is 4.94. The van der Waals surface area contributed by atoms with Gasteiger partial charge in [-0.25, -0.2) is 8.42 Å². The van der Waals surface area contributed by atoms with Gasteiger partial charge in [0.25, 0.3) is 0 Å². The number of aromatic nitrogens is 1. The van der Waals surface area contributed by atoms with Crippen LogP contribution in [0.15, 0.2) is 24.5 Å². The van der Waals surface area contributed by atoms with Crippen LogP contribution < -0.4 is 5.32 Å². The molecule has 14 heavy (non-hydrogen) atoms. The van der Waals surface area contributed by atoms with E-state index in [0.29, 0.717) is 13.1 Å². The van der Waals surface area contributed by atoms with Crippen molar-refractivity contribution in [2.45, 2.75) is 6.54 Å². The van der Waals surface area contributed by atoms with E-state index in [9.17, 15) is 8.42 Å². The molecule has 0 radical (unpaired) electrons. The predicted octanol–water partition coefficient (Wildman–Crippen LogP) is 0.216. The van der Waals surface area contributed by atoms with Gasteiger partial charge in [0, 0.05) is 31.7 Å². The molecule has 4 nitrogen and oxygen atoms in total. The Morgan fingerprint density at radius 3 is 2.57 bits per heavy atom. The van der Waals surface area contributed by atoms with Crippen LogP contribution in [0.2, 0.25) is 0 Å². The minimum atomic E-state index is -2.85. The zero-order valence-electron chi connectivity index (χ0n) is 8.10. The van der Waals surface area contributed by atoms with E-state index in [1.807, 2.05) is 12.1 Å². The van der Waals surface area contributed by atoms with Crippen LogP contribution in [0.3, 0.4) is 0 Å². The van der Waals surface area contributed by atoms with Crippen molar-refractivity contribution in [1.82, 2.24) is 10.3 Å². The van der Waals surface area contributed by atoms with Crippen molar-refractivity contribution in [3.8, 4) is 0 Å². The lowest BCUT2D eigenvalue weighted by molar-refractivity contribution is 0.596. The Kier molecular flexibility index (Phi) is 4.03. The first kappa shape index (κ1) is 11.1. The average molecular weight is 214 g/mol. The Balaban J connectivity index is 2.23. The molecule has 0 aliphatic heterocycles. The molecule has 0 aliphatic rings. The fourth-order valence-corrected chi connectivity index (χ4v) is 1.51. The SMILES string of the molecule is CS(=O)(=O)CCNCc1ccncc1. The third-order valence-electron chi connectivity index (χ3n) is 1.73. The molecule has 1 aromatic rings. The summed E-state index contributed by atoms with van der Waals surface area (Å²) in [7, 11) is -2.85. The Morgan fingerprint density at radius 2 is 2.00 bits per heavy atom. The van der Waals surface area contributed by atoms with Crippen LogP contribution in [0.25, 0.3) is 0 Å². The zero-order chi connectivity index (χ0) is 10.4. The fourth-order valence-electron chi connectivity index (χ4n) is 0.991. The Hall–Kier alpha value is -0.940. The molecule has 0 saturated heterocycles. The van der Waals surface area contributed by atoms with Gasteiger partial charge in [-0.05, 0) is 17.7 Å². The summed E-state index contributed by atoms with van der Waals surface area (Å²) in [6.45, 7) is 1.17. The van der Waals surface area contributed by atoms with Gasteiger partial charge in [0.2, 0.25) is 0 Å². The molecule has 0 fully saturated rings. The number of nitrogens with one attached hydrogen (secondary N) is 1. The van der Waals surface area contributed by atoms with Crippen molar-refractivity contribution < 1.29 is 8.42 Å². The summed E-state index contributed by atoms with van der Waals surface area (Å²) < 4.78 is 21.6. The van der Waals surface area contributed by atoms with Gasteiger partial charge in [0.1, 0.15) is 9.84 Å². The van der Waals surface area contributed by atoms with Crippen molar-refractivity contribution in [2.75, 3.05) is 18.6 Å². The molecule has 0 saturated carbocycles. The largest absolute Gasteiger partial charge is 0.312 e. The molecule has 1 rings (SSSR count). The number of pyridine rings is 1. The lowest BCUT2D eigenvalue weighted by Crippen LogP contribution is -2.21. The van der Waals surface area contributed by atoms with E-state index in [-0.39, 0.29) is 5.75 Å². The predicted molar refractivity (Wildman–Crippen MR) is 55.7 cm³/mol. The summed E-state index contributed by atoms with van der Waals surface area (Å²) in [5, 5.41) is 3.05. The zero-order valence-corrected chi connectivity index (χ0v) is 8.92. The number of sulfone groups is 1. The van der Waals surface area contributed by atoms with Gasteiger partial charge in [-0.1, -0.05) is 0 Å². The molecule has 1 aromatic heterocycles. The van der Waals surface area contributed by atoms with E-state index in [1.165, 1.54) is 6.26 Å². The molecule has 0 unspecified atom stereocenters. The minimum absolute atomic E-state index is 0.179. The maximum atomic E-state index is 10.8. The first-order valence-electron chi connectivity index (χ1n) is 4.35. The van der Waals surface area contributed by atoms with Gasteiger partial charge >= 0.3 is 0 Å².